The lowest BCUT2D eigenvalue weighted by atomic mass is 9.80. The molecule has 0 bridgehead atoms. The number of carbonyl (C=O) groups excluding carboxylic acids is 1. The number of nitrogens with zero attached hydrogens (tertiary/aromatic N) is 4. The van der Waals surface area contributed by atoms with Gasteiger partial charge in [0.25, 0.3) is 0 Å². The van der Waals surface area contributed by atoms with Crippen LogP contribution in [0.15, 0.2) is 60.6 Å². The molecule has 8 heteroatoms. The SMILES string of the molecule is N#Cc1ccc(N2CCN(C(=O)CCN3CCCC(C(Cc4ccccc4)C4=COCO4)C3)CC2)cc1F. The number of anilines is 1. The fourth-order valence-electron chi connectivity index (χ4n) is 5.85. The number of amides is 1. The summed E-state index contributed by atoms with van der Waals surface area (Å²) >= 11 is 0. The van der Waals surface area contributed by atoms with E-state index in [2.05, 4.69) is 34.1 Å². The molecule has 0 radical (unpaired) electrons. The first kappa shape index (κ1) is 26.1. The maximum absolute atomic E-state index is 14.0. The van der Waals surface area contributed by atoms with Crippen LogP contribution in [0.2, 0.25) is 0 Å². The predicted molar refractivity (Wildman–Crippen MR) is 142 cm³/mol. The lowest BCUT2D eigenvalue weighted by Gasteiger charge is -2.38. The van der Waals surface area contributed by atoms with Crippen molar-refractivity contribution in [3.63, 3.8) is 0 Å². The largest absolute Gasteiger partial charge is 0.462 e. The molecule has 2 fully saturated rings. The number of likely N-dealkylation sites (tertiary alicyclic amines) is 1. The van der Waals surface area contributed by atoms with Crippen LogP contribution in [0.5, 0.6) is 0 Å². The van der Waals surface area contributed by atoms with Gasteiger partial charge in [-0.25, -0.2) is 4.39 Å². The molecule has 38 heavy (non-hydrogen) atoms. The summed E-state index contributed by atoms with van der Waals surface area (Å²) in [5, 5.41) is 8.95. The molecule has 0 aromatic heterocycles. The molecule has 2 aromatic carbocycles. The predicted octanol–water partition coefficient (Wildman–Crippen LogP) is 4.15. The number of carbonyl (C=O) groups is 1. The van der Waals surface area contributed by atoms with Crippen molar-refractivity contribution in [1.29, 1.82) is 5.26 Å². The fourth-order valence-corrected chi connectivity index (χ4v) is 5.85. The number of piperazine rings is 1. The van der Waals surface area contributed by atoms with Gasteiger partial charge >= 0.3 is 0 Å². The third-order valence-corrected chi connectivity index (χ3v) is 7.98. The van der Waals surface area contributed by atoms with Crippen LogP contribution in [0.3, 0.4) is 0 Å². The van der Waals surface area contributed by atoms with Gasteiger partial charge in [0.1, 0.15) is 23.9 Å². The van der Waals surface area contributed by atoms with Gasteiger partial charge in [-0.05, 0) is 55.5 Å². The Hall–Kier alpha value is -3.57. The summed E-state index contributed by atoms with van der Waals surface area (Å²) in [4.78, 5) is 19.4. The molecule has 2 atom stereocenters. The number of allylic oxidation sites excluding steroid dienone is 1. The lowest BCUT2D eigenvalue weighted by Crippen LogP contribution is -2.49. The highest BCUT2D eigenvalue weighted by Crippen LogP contribution is 2.34. The molecule has 2 saturated heterocycles. The van der Waals surface area contributed by atoms with Gasteiger partial charge in [-0.3, -0.25) is 4.79 Å². The van der Waals surface area contributed by atoms with E-state index in [4.69, 9.17) is 14.7 Å². The second-order valence-electron chi connectivity index (χ2n) is 10.3. The molecule has 200 valence electrons. The van der Waals surface area contributed by atoms with Crippen LogP contribution in [0.25, 0.3) is 0 Å². The Labute approximate surface area is 224 Å². The Balaban J connectivity index is 1.12. The molecule has 3 aliphatic rings. The summed E-state index contributed by atoms with van der Waals surface area (Å²) in [6, 6.07) is 17.1. The Morgan fingerprint density at radius 3 is 2.63 bits per heavy atom. The van der Waals surface area contributed by atoms with E-state index in [9.17, 15) is 9.18 Å². The summed E-state index contributed by atoms with van der Waals surface area (Å²) in [7, 11) is 0. The number of piperidine rings is 1. The highest BCUT2D eigenvalue weighted by molar-refractivity contribution is 5.76. The van der Waals surface area contributed by atoms with Crippen LogP contribution in [0.4, 0.5) is 10.1 Å². The van der Waals surface area contributed by atoms with E-state index in [0.717, 1.165) is 50.3 Å². The molecule has 7 nitrogen and oxygen atoms in total. The van der Waals surface area contributed by atoms with Gasteiger partial charge in [-0.15, -0.1) is 0 Å². The average Bonchev–Trinajstić information content (AvgIpc) is 3.50. The number of rotatable bonds is 8. The van der Waals surface area contributed by atoms with Crippen molar-refractivity contribution in [3.8, 4) is 6.07 Å². The van der Waals surface area contributed by atoms with Gasteiger partial charge in [0.2, 0.25) is 12.7 Å². The first-order valence-electron chi connectivity index (χ1n) is 13.5. The number of hydrogen-bond donors (Lipinski definition) is 0. The summed E-state index contributed by atoms with van der Waals surface area (Å²) < 4.78 is 25.3. The van der Waals surface area contributed by atoms with E-state index >= 15 is 0 Å². The Morgan fingerprint density at radius 2 is 1.92 bits per heavy atom. The smallest absolute Gasteiger partial charge is 0.229 e. The van der Waals surface area contributed by atoms with Crippen molar-refractivity contribution < 1.29 is 18.7 Å². The number of nitriles is 1. The maximum Gasteiger partial charge on any atom is 0.229 e. The van der Waals surface area contributed by atoms with E-state index < -0.39 is 5.82 Å². The molecule has 0 aliphatic carbocycles. The topological polar surface area (TPSA) is 69.0 Å². The number of halogens is 1. The van der Waals surface area contributed by atoms with Crippen molar-refractivity contribution in [2.75, 3.05) is 57.5 Å². The molecule has 2 unspecified atom stereocenters. The van der Waals surface area contributed by atoms with Crippen molar-refractivity contribution in [2.24, 2.45) is 11.8 Å². The summed E-state index contributed by atoms with van der Waals surface area (Å²) in [6.07, 6.45) is 5.45. The summed E-state index contributed by atoms with van der Waals surface area (Å²) in [5.74, 6) is 1.32. The monoisotopic (exact) mass is 518 g/mol. The van der Waals surface area contributed by atoms with Gasteiger partial charge < -0.3 is 24.2 Å². The van der Waals surface area contributed by atoms with Crippen LogP contribution in [-0.4, -0.2) is 68.3 Å². The van der Waals surface area contributed by atoms with Crippen LogP contribution in [-0.2, 0) is 20.7 Å². The van der Waals surface area contributed by atoms with Gasteiger partial charge in [0.15, 0.2) is 0 Å². The fraction of sp³-hybridized carbons (Fsp3) is 0.467. The minimum atomic E-state index is -0.502. The van der Waals surface area contributed by atoms with Crippen LogP contribution >= 0.6 is 0 Å². The van der Waals surface area contributed by atoms with Crippen molar-refractivity contribution in [3.05, 3.63) is 77.5 Å². The van der Waals surface area contributed by atoms with E-state index in [-0.39, 0.29) is 17.4 Å². The average molecular weight is 519 g/mol. The van der Waals surface area contributed by atoms with Gasteiger partial charge in [0.05, 0.1) is 5.56 Å². The minimum absolute atomic E-state index is 0.0507. The number of benzene rings is 2. The van der Waals surface area contributed by atoms with E-state index in [1.165, 1.54) is 17.7 Å². The molecule has 2 aromatic rings. The summed E-state index contributed by atoms with van der Waals surface area (Å²) in [6.45, 7) is 5.55. The maximum atomic E-state index is 14.0. The second kappa shape index (κ2) is 12.3. The summed E-state index contributed by atoms with van der Waals surface area (Å²) in [5.41, 5.74) is 2.10. The van der Waals surface area contributed by atoms with Crippen LogP contribution < -0.4 is 4.90 Å². The standard InChI is InChI=1S/C30H35FN4O3/c31-28-18-26(9-8-24(28)19-32)34-13-15-35(16-14-34)30(36)10-12-33-11-4-7-25(20-33)27(29-21-37-22-38-29)17-23-5-2-1-3-6-23/h1-3,5-6,8-9,18,21,25,27H,4,7,10-17,20,22H2. The molecule has 0 saturated carbocycles. The zero-order chi connectivity index (χ0) is 26.3. The Bertz CT molecular complexity index is 1170. The molecule has 0 spiro atoms. The Kier molecular flexibility index (Phi) is 8.44. The molecule has 3 aliphatic heterocycles. The van der Waals surface area contributed by atoms with E-state index in [1.807, 2.05) is 17.0 Å². The van der Waals surface area contributed by atoms with Crippen LogP contribution in [0.1, 0.15) is 30.4 Å². The third-order valence-electron chi connectivity index (χ3n) is 7.98. The van der Waals surface area contributed by atoms with Gasteiger partial charge in [-0.1, -0.05) is 30.3 Å². The molecular formula is C30H35FN4O3. The van der Waals surface area contributed by atoms with Crippen LogP contribution in [0, 0.1) is 29.0 Å². The first-order chi connectivity index (χ1) is 18.6. The first-order valence-corrected chi connectivity index (χ1v) is 13.5. The molecule has 0 N–H and O–H groups in total. The molecule has 1 amide bonds. The number of ether oxygens (including phenoxy) is 2. The van der Waals surface area contributed by atoms with E-state index in [1.54, 1.807) is 12.3 Å². The molecule has 5 rings (SSSR count). The minimum Gasteiger partial charge on any atom is -0.462 e. The highest BCUT2D eigenvalue weighted by Gasteiger charge is 2.33. The second-order valence-corrected chi connectivity index (χ2v) is 10.3. The highest BCUT2D eigenvalue weighted by atomic mass is 19.1. The van der Waals surface area contributed by atoms with Crippen molar-refractivity contribution in [2.45, 2.75) is 25.7 Å². The van der Waals surface area contributed by atoms with Gasteiger partial charge in [-0.2, -0.15) is 5.26 Å². The molecule has 3 heterocycles. The zero-order valence-corrected chi connectivity index (χ0v) is 21.7. The number of hydrogen-bond acceptors (Lipinski definition) is 6. The van der Waals surface area contributed by atoms with Crippen molar-refractivity contribution >= 4 is 11.6 Å². The van der Waals surface area contributed by atoms with Gasteiger partial charge in [0, 0.05) is 57.3 Å². The van der Waals surface area contributed by atoms with E-state index in [0.29, 0.717) is 45.3 Å². The third kappa shape index (κ3) is 6.28. The zero-order valence-electron chi connectivity index (χ0n) is 21.7. The normalized spacial score (nSPS) is 20.7. The lowest BCUT2D eigenvalue weighted by molar-refractivity contribution is -0.132. The van der Waals surface area contributed by atoms with Crippen molar-refractivity contribution in [1.82, 2.24) is 9.80 Å². The quantitative estimate of drug-likeness (QED) is 0.523. The Morgan fingerprint density at radius 1 is 1.11 bits per heavy atom. The molecular weight excluding hydrogens is 483 g/mol.